The largest absolute Gasteiger partial charge is 1.00 e. The maximum Gasteiger partial charge on any atom is 1.00 e. The van der Waals surface area contributed by atoms with Gasteiger partial charge in [-0.05, 0) is 59.2 Å². The van der Waals surface area contributed by atoms with Gasteiger partial charge in [0.15, 0.2) is 17.3 Å². The molecule has 0 spiro atoms. The number of fused-ring (bicyclic) bond motifs is 1. The third-order valence-corrected chi connectivity index (χ3v) is 7.08. The minimum atomic E-state index is -1.47. The molecular weight excluding hydrogens is 563 g/mol. The Bertz CT molecular complexity index is 1740. The zero-order chi connectivity index (χ0) is 28.8. The molecule has 1 aromatic heterocycles. The van der Waals surface area contributed by atoms with Crippen LogP contribution >= 0.6 is 11.7 Å². The van der Waals surface area contributed by atoms with Gasteiger partial charge in [0, 0.05) is 23.1 Å². The average Bonchev–Trinajstić information content (AvgIpc) is 3.48. The van der Waals surface area contributed by atoms with Crippen LogP contribution in [0.1, 0.15) is 27.0 Å². The number of benzene rings is 4. The van der Waals surface area contributed by atoms with Gasteiger partial charge < -0.3 is 24.1 Å². The van der Waals surface area contributed by atoms with Crippen molar-refractivity contribution in [2.45, 2.75) is 13.0 Å². The number of nitrogens with zero attached hydrogens (tertiary/aromatic N) is 2. The van der Waals surface area contributed by atoms with E-state index >= 15 is 0 Å². The van der Waals surface area contributed by atoms with Gasteiger partial charge in [-0.15, -0.1) is 0 Å². The molecule has 0 radical (unpaired) electrons. The van der Waals surface area contributed by atoms with Crippen LogP contribution in [0.15, 0.2) is 96.6 Å². The van der Waals surface area contributed by atoms with Gasteiger partial charge in [0.25, 0.3) is 0 Å². The smallest absolute Gasteiger partial charge is 0.545 e. The zero-order valence-electron chi connectivity index (χ0n) is 23.3. The summed E-state index contributed by atoms with van der Waals surface area (Å²) in [6.07, 6.45) is 0.0306. The van der Waals surface area contributed by atoms with Crippen molar-refractivity contribution in [3.8, 4) is 17.2 Å². The number of carbonyl (C=O) groups excluding carboxylic acids is 2. The minimum absolute atomic E-state index is 0. The number of methoxy groups -OCH3 is 2. The first-order valence-electron chi connectivity index (χ1n) is 12.7. The van der Waals surface area contributed by atoms with Gasteiger partial charge in [0.1, 0.15) is 23.4 Å². The number of carboxylic acid groups (broad SMARTS) is 1. The molecule has 5 rings (SSSR count). The van der Waals surface area contributed by atoms with Crippen molar-refractivity contribution in [1.29, 1.82) is 0 Å². The summed E-state index contributed by atoms with van der Waals surface area (Å²) in [7, 11) is 2.96. The Morgan fingerprint density at radius 1 is 0.762 bits per heavy atom. The number of carbonyl (C=O) groups is 2. The van der Waals surface area contributed by atoms with Crippen LogP contribution < -0.4 is 48.9 Å². The zero-order valence-corrected chi connectivity index (χ0v) is 26.1. The second kappa shape index (κ2) is 14.2. The maximum atomic E-state index is 14.0. The molecule has 0 aliphatic heterocycles. The summed E-state index contributed by atoms with van der Waals surface area (Å²) >= 11 is 1.02. The van der Waals surface area contributed by atoms with Gasteiger partial charge in [0.2, 0.25) is 0 Å². The third-order valence-electron chi connectivity index (χ3n) is 6.52. The number of aromatic nitrogens is 2. The normalized spacial score (nSPS) is 11.3. The van der Waals surface area contributed by atoms with Gasteiger partial charge >= 0.3 is 29.6 Å². The van der Waals surface area contributed by atoms with E-state index in [2.05, 4.69) is 8.75 Å². The number of Topliss-reactive ketones (excluding diaryl/α,β-unsaturated/α-hetero) is 1. The molecular formula is C32H25N2NaO6S. The standard InChI is InChI=1S/C32H26N2O6S.Na/c1-38-28-15-11-23(18-29(28)39-2)31(35)25(30(32(36)37)22-10-14-26-27(17-22)34-41-33-26)16-20-8-12-24(13-9-20)40-19-21-6-4-3-5-7-21;/h3-15,17-18H,16,19H2,1-2H3,(H,36,37);/q;+1/p-1/b30-25+;. The summed E-state index contributed by atoms with van der Waals surface area (Å²) in [6, 6.07) is 26.6. The molecule has 0 aliphatic rings. The van der Waals surface area contributed by atoms with E-state index in [1.807, 2.05) is 42.5 Å². The molecule has 4 aromatic carbocycles. The number of carboxylic acids is 1. The molecule has 0 unspecified atom stereocenters. The number of ketones is 1. The fourth-order valence-corrected chi connectivity index (χ4v) is 4.95. The van der Waals surface area contributed by atoms with Crippen molar-refractivity contribution in [3.05, 3.63) is 119 Å². The van der Waals surface area contributed by atoms with Gasteiger partial charge in [-0.3, -0.25) is 4.79 Å². The van der Waals surface area contributed by atoms with Crippen molar-refractivity contribution in [3.63, 3.8) is 0 Å². The number of hydrogen-bond acceptors (Lipinski definition) is 9. The van der Waals surface area contributed by atoms with Gasteiger partial charge in [-0.2, -0.15) is 8.75 Å². The van der Waals surface area contributed by atoms with Crippen LogP contribution in [0.5, 0.6) is 17.2 Å². The van der Waals surface area contributed by atoms with Crippen LogP contribution in [-0.2, 0) is 17.8 Å². The molecule has 5 aromatic rings. The van der Waals surface area contributed by atoms with Crippen LogP contribution in [-0.4, -0.2) is 34.7 Å². The topological polar surface area (TPSA) is 111 Å². The predicted octanol–water partition coefficient (Wildman–Crippen LogP) is 1.92. The predicted molar refractivity (Wildman–Crippen MR) is 154 cm³/mol. The summed E-state index contributed by atoms with van der Waals surface area (Å²) in [5.41, 5.74) is 3.30. The molecule has 0 aliphatic carbocycles. The van der Waals surface area contributed by atoms with Crippen molar-refractivity contribution < 1.29 is 58.5 Å². The first kappa shape index (κ1) is 30.9. The molecule has 0 fully saturated rings. The number of allylic oxidation sites excluding steroid dienone is 1. The summed E-state index contributed by atoms with van der Waals surface area (Å²) in [6.45, 7) is 0.409. The Labute approximate surface area is 269 Å². The van der Waals surface area contributed by atoms with Gasteiger partial charge in [-0.1, -0.05) is 48.5 Å². The maximum absolute atomic E-state index is 14.0. The van der Waals surface area contributed by atoms with Crippen LogP contribution in [0.25, 0.3) is 16.6 Å². The molecule has 0 saturated heterocycles. The molecule has 0 atom stereocenters. The van der Waals surface area contributed by atoms with E-state index in [9.17, 15) is 14.7 Å². The van der Waals surface area contributed by atoms with Gasteiger partial charge in [-0.25, -0.2) is 0 Å². The van der Waals surface area contributed by atoms with Crippen molar-refractivity contribution in [1.82, 2.24) is 8.75 Å². The molecule has 10 heteroatoms. The molecule has 0 saturated carbocycles. The Balaban J connectivity index is 0.00000405. The second-order valence-electron chi connectivity index (χ2n) is 9.10. The SMILES string of the molecule is COc1ccc(C(=O)/C(Cc2ccc(OCc3ccccc3)cc2)=C(/C(=O)[O-])c2ccc3nsnc3c2)cc1OC.[Na+]. The first-order chi connectivity index (χ1) is 20.0. The molecule has 0 bridgehead atoms. The van der Waals surface area contributed by atoms with E-state index in [-0.39, 0.29) is 52.7 Å². The van der Waals surface area contributed by atoms with Crippen LogP contribution in [0.3, 0.4) is 0 Å². The number of rotatable bonds is 11. The number of aliphatic carboxylic acids is 1. The van der Waals surface area contributed by atoms with E-state index in [0.717, 1.165) is 22.9 Å². The van der Waals surface area contributed by atoms with Crippen LogP contribution in [0, 0.1) is 0 Å². The Morgan fingerprint density at radius 2 is 1.45 bits per heavy atom. The second-order valence-corrected chi connectivity index (χ2v) is 9.63. The fraction of sp³-hybridized carbons (Fsp3) is 0.125. The Morgan fingerprint density at radius 3 is 2.14 bits per heavy atom. The molecule has 1 heterocycles. The van der Waals surface area contributed by atoms with Crippen LogP contribution in [0.4, 0.5) is 0 Å². The number of ether oxygens (including phenoxy) is 3. The summed E-state index contributed by atoms with van der Waals surface area (Å²) in [4.78, 5) is 26.6. The Kier molecular flexibility index (Phi) is 10.5. The van der Waals surface area contributed by atoms with E-state index < -0.39 is 11.8 Å². The molecule has 8 nitrogen and oxygen atoms in total. The van der Waals surface area contributed by atoms with E-state index in [4.69, 9.17) is 14.2 Å². The molecule has 42 heavy (non-hydrogen) atoms. The molecule has 0 N–H and O–H groups in total. The van der Waals surface area contributed by atoms with Crippen LogP contribution in [0.2, 0.25) is 0 Å². The summed E-state index contributed by atoms with van der Waals surface area (Å²) in [5.74, 6) is -0.508. The van der Waals surface area contributed by atoms with Crippen molar-refractivity contribution >= 4 is 40.1 Å². The minimum Gasteiger partial charge on any atom is -0.545 e. The summed E-state index contributed by atoms with van der Waals surface area (Å²) in [5, 5.41) is 12.6. The average molecular weight is 589 g/mol. The van der Waals surface area contributed by atoms with Crippen molar-refractivity contribution in [2.24, 2.45) is 0 Å². The van der Waals surface area contributed by atoms with Crippen molar-refractivity contribution in [2.75, 3.05) is 14.2 Å². The first-order valence-corrected chi connectivity index (χ1v) is 13.4. The molecule has 206 valence electrons. The Hall–Kier alpha value is -4.02. The summed E-state index contributed by atoms with van der Waals surface area (Å²) < 4.78 is 25.0. The van der Waals surface area contributed by atoms with E-state index in [1.54, 1.807) is 42.5 Å². The number of hydrogen-bond donors (Lipinski definition) is 0. The van der Waals surface area contributed by atoms with E-state index in [0.29, 0.717) is 40.5 Å². The monoisotopic (exact) mass is 588 g/mol. The molecule has 0 amide bonds. The third kappa shape index (κ3) is 7.06. The fourth-order valence-electron chi connectivity index (χ4n) is 4.44. The van der Waals surface area contributed by atoms with Gasteiger partial charge in [0.05, 0.1) is 31.9 Å². The quantitative estimate of drug-likeness (QED) is 0.131. The van der Waals surface area contributed by atoms with E-state index in [1.165, 1.54) is 20.3 Å².